The maximum atomic E-state index is 12.3. The van der Waals surface area contributed by atoms with Gasteiger partial charge in [-0.3, -0.25) is 0 Å². The molecule has 1 atom stereocenters. The Bertz CT molecular complexity index is 173. The molecule has 15 heavy (non-hydrogen) atoms. The fourth-order valence-electron chi connectivity index (χ4n) is 1.01. The Kier molecular flexibility index (Phi) is 6.12. The lowest BCUT2D eigenvalue weighted by molar-refractivity contribution is -0.171. The van der Waals surface area contributed by atoms with Crippen LogP contribution in [0.3, 0.4) is 0 Å². The maximum absolute atomic E-state index is 12.3. The van der Waals surface area contributed by atoms with Gasteiger partial charge in [-0.1, -0.05) is 13.8 Å². The molecule has 2 nitrogen and oxygen atoms in total. The van der Waals surface area contributed by atoms with Crippen molar-refractivity contribution < 1.29 is 27.4 Å². The van der Waals surface area contributed by atoms with Gasteiger partial charge in [0.25, 0.3) is 0 Å². The molecule has 0 aromatic heterocycles. The van der Waals surface area contributed by atoms with Crippen LogP contribution in [0.2, 0.25) is 0 Å². The molecule has 1 unspecified atom stereocenters. The van der Waals surface area contributed by atoms with E-state index in [9.17, 15) is 22.7 Å². The molecule has 0 aliphatic rings. The molecule has 0 heterocycles. The van der Waals surface area contributed by atoms with Crippen molar-refractivity contribution in [2.75, 3.05) is 13.2 Å². The molecule has 92 valence electrons. The smallest absolute Gasteiger partial charge is 0.330 e. The lowest BCUT2D eigenvalue weighted by Gasteiger charge is -2.17. The largest absolute Gasteiger partial charge is 0.391 e. The van der Waals surface area contributed by atoms with E-state index < -0.39 is 25.1 Å². The lowest BCUT2D eigenvalue weighted by atomic mass is 10.1. The molecule has 0 saturated heterocycles. The van der Waals surface area contributed by atoms with Crippen LogP contribution in [0.5, 0.6) is 0 Å². The van der Waals surface area contributed by atoms with Crippen molar-refractivity contribution in [3.63, 3.8) is 0 Å². The second-order valence-electron chi connectivity index (χ2n) is 3.86. The number of hydrogen-bond donors (Lipinski definition) is 1. The van der Waals surface area contributed by atoms with Crippen LogP contribution in [0.25, 0.3) is 0 Å². The van der Waals surface area contributed by atoms with E-state index in [0.29, 0.717) is 6.42 Å². The first kappa shape index (κ1) is 14.6. The van der Waals surface area contributed by atoms with Gasteiger partial charge in [-0.2, -0.15) is 8.78 Å². The molecule has 0 aromatic rings. The van der Waals surface area contributed by atoms with Gasteiger partial charge in [-0.25, -0.2) is 8.78 Å². The number of aliphatic hydroxyl groups excluding tert-OH is 1. The van der Waals surface area contributed by atoms with Gasteiger partial charge in [0.05, 0.1) is 12.7 Å². The Morgan fingerprint density at radius 2 is 1.80 bits per heavy atom. The summed E-state index contributed by atoms with van der Waals surface area (Å²) in [6.45, 7) is 1.98. The van der Waals surface area contributed by atoms with Crippen LogP contribution in [-0.4, -0.2) is 36.8 Å². The van der Waals surface area contributed by atoms with Crippen LogP contribution in [0.15, 0.2) is 0 Å². The van der Waals surface area contributed by atoms with Gasteiger partial charge in [-0.05, 0) is 12.3 Å². The van der Waals surface area contributed by atoms with Gasteiger partial charge >= 0.3 is 12.3 Å². The SMILES string of the molecule is CC(C)CC(O)COCC(F)(F)C(F)F. The lowest BCUT2D eigenvalue weighted by Crippen LogP contribution is -2.33. The molecule has 0 radical (unpaired) electrons. The highest BCUT2D eigenvalue weighted by atomic mass is 19.3. The van der Waals surface area contributed by atoms with E-state index in [4.69, 9.17) is 0 Å². The van der Waals surface area contributed by atoms with Crippen molar-refractivity contribution >= 4 is 0 Å². The van der Waals surface area contributed by atoms with Gasteiger partial charge in [0.15, 0.2) is 0 Å². The van der Waals surface area contributed by atoms with Gasteiger partial charge in [0.2, 0.25) is 0 Å². The van der Waals surface area contributed by atoms with Crippen molar-refractivity contribution in [1.29, 1.82) is 0 Å². The van der Waals surface area contributed by atoms with E-state index in [2.05, 4.69) is 4.74 Å². The Morgan fingerprint density at radius 1 is 1.27 bits per heavy atom. The molecule has 0 rings (SSSR count). The number of alkyl halides is 4. The summed E-state index contributed by atoms with van der Waals surface area (Å²) in [6.07, 6.45) is -4.24. The predicted octanol–water partition coefficient (Wildman–Crippen LogP) is 2.31. The summed E-state index contributed by atoms with van der Waals surface area (Å²) >= 11 is 0. The van der Waals surface area contributed by atoms with Gasteiger partial charge in [0, 0.05) is 0 Å². The van der Waals surface area contributed by atoms with Crippen LogP contribution in [0.1, 0.15) is 20.3 Å². The third-order valence-electron chi connectivity index (χ3n) is 1.67. The summed E-state index contributed by atoms with van der Waals surface area (Å²) in [5.41, 5.74) is 0. The molecule has 0 amide bonds. The van der Waals surface area contributed by atoms with E-state index in [1.54, 1.807) is 0 Å². The van der Waals surface area contributed by atoms with Gasteiger partial charge in [0.1, 0.15) is 6.61 Å². The van der Waals surface area contributed by atoms with E-state index >= 15 is 0 Å². The number of aliphatic hydroxyl groups is 1. The van der Waals surface area contributed by atoms with Crippen LogP contribution >= 0.6 is 0 Å². The minimum absolute atomic E-state index is 0.194. The second kappa shape index (κ2) is 6.27. The first-order valence-electron chi connectivity index (χ1n) is 4.67. The number of hydrogen-bond acceptors (Lipinski definition) is 2. The maximum Gasteiger partial charge on any atom is 0.330 e. The fraction of sp³-hybridized carbons (Fsp3) is 1.00. The summed E-state index contributed by atoms with van der Waals surface area (Å²) in [4.78, 5) is 0. The Hall–Kier alpha value is -0.360. The van der Waals surface area contributed by atoms with Gasteiger partial charge < -0.3 is 9.84 Å². The normalized spacial score (nSPS) is 15.0. The molecule has 0 aliphatic heterocycles. The third kappa shape index (κ3) is 6.67. The first-order chi connectivity index (χ1) is 6.75. The highest BCUT2D eigenvalue weighted by molar-refractivity contribution is 4.68. The summed E-state index contributed by atoms with van der Waals surface area (Å²) in [5, 5.41) is 9.20. The van der Waals surface area contributed by atoms with Crippen molar-refractivity contribution in [2.24, 2.45) is 5.92 Å². The molecule has 0 spiro atoms. The molecule has 6 heteroatoms. The van der Waals surface area contributed by atoms with E-state index in [1.165, 1.54) is 0 Å². The summed E-state index contributed by atoms with van der Waals surface area (Å²) in [5.74, 6) is -3.95. The predicted molar refractivity (Wildman–Crippen MR) is 47.2 cm³/mol. The van der Waals surface area contributed by atoms with Crippen molar-refractivity contribution in [3.05, 3.63) is 0 Å². The number of ether oxygens (including phenoxy) is 1. The van der Waals surface area contributed by atoms with Crippen LogP contribution < -0.4 is 0 Å². The summed E-state index contributed by atoms with van der Waals surface area (Å²) in [6, 6.07) is 0. The Labute approximate surface area is 86.2 Å². The fourth-order valence-corrected chi connectivity index (χ4v) is 1.01. The number of rotatable bonds is 7. The third-order valence-corrected chi connectivity index (χ3v) is 1.67. The highest BCUT2D eigenvalue weighted by Crippen LogP contribution is 2.22. The number of halogens is 4. The average Bonchev–Trinajstić information content (AvgIpc) is 2.01. The molecule has 0 fully saturated rings. The quantitative estimate of drug-likeness (QED) is 0.682. The molecule has 0 bridgehead atoms. The zero-order valence-corrected chi connectivity index (χ0v) is 8.72. The van der Waals surface area contributed by atoms with Crippen LogP contribution in [0, 0.1) is 5.92 Å². The summed E-state index contributed by atoms with van der Waals surface area (Å²) in [7, 11) is 0. The average molecular weight is 232 g/mol. The topological polar surface area (TPSA) is 29.5 Å². The van der Waals surface area contributed by atoms with E-state index in [1.807, 2.05) is 13.8 Å². The Balaban J connectivity index is 3.70. The summed E-state index contributed by atoms with van der Waals surface area (Å²) < 4.78 is 52.3. The standard InChI is InChI=1S/C9H16F4O2/c1-6(2)3-7(14)4-15-5-9(12,13)8(10)11/h6-8,14H,3-5H2,1-2H3. The molecular formula is C9H16F4O2. The second-order valence-corrected chi connectivity index (χ2v) is 3.86. The molecule has 1 N–H and O–H groups in total. The zero-order valence-electron chi connectivity index (χ0n) is 8.72. The van der Waals surface area contributed by atoms with Crippen LogP contribution in [-0.2, 0) is 4.74 Å². The monoisotopic (exact) mass is 232 g/mol. The first-order valence-corrected chi connectivity index (χ1v) is 4.67. The van der Waals surface area contributed by atoms with Gasteiger partial charge in [-0.15, -0.1) is 0 Å². The van der Waals surface area contributed by atoms with Crippen molar-refractivity contribution in [2.45, 2.75) is 38.7 Å². The van der Waals surface area contributed by atoms with Crippen LogP contribution in [0.4, 0.5) is 17.6 Å². The minimum Gasteiger partial charge on any atom is -0.391 e. The van der Waals surface area contributed by atoms with E-state index in [0.717, 1.165) is 0 Å². The van der Waals surface area contributed by atoms with Crippen molar-refractivity contribution in [1.82, 2.24) is 0 Å². The molecule has 0 aromatic carbocycles. The minimum atomic E-state index is -4.14. The highest BCUT2D eigenvalue weighted by Gasteiger charge is 2.41. The molecular weight excluding hydrogens is 216 g/mol. The van der Waals surface area contributed by atoms with E-state index in [-0.39, 0.29) is 12.5 Å². The zero-order chi connectivity index (χ0) is 12.1. The molecule has 0 saturated carbocycles. The Morgan fingerprint density at radius 3 is 2.20 bits per heavy atom. The molecule has 0 aliphatic carbocycles. The van der Waals surface area contributed by atoms with Crippen molar-refractivity contribution in [3.8, 4) is 0 Å².